The van der Waals surface area contributed by atoms with Gasteiger partial charge in [0.2, 0.25) is 5.91 Å². The summed E-state index contributed by atoms with van der Waals surface area (Å²) >= 11 is 0. The van der Waals surface area contributed by atoms with E-state index in [4.69, 9.17) is 10.8 Å². The van der Waals surface area contributed by atoms with E-state index in [9.17, 15) is 19.2 Å². The Morgan fingerprint density at radius 1 is 0.783 bits per heavy atom. The van der Waals surface area contributed by atoms with Crippen LogP contribution in [0.4, 0.5) is 39.2 Å². The van der Waals surface area contributed by atoms with Gasteiger partial charge in [0.15, 0.2) is 0 Å². The van der Waals surface area contributed by atoms with Gasteiger partial charge in [0.1, 0.15) is 22.9 Å². The van der Waals surface area contributed by atoms with Gasteiger partial charge >= 0.3 is 6.03 Å². The van der Waals surface area contributed by atoms with Crippen molar-refractivity contribution in [2.45, 2.75) is 39.2 Å². The molecule has 2 aromatic heterocycles. The minimum Gasteiger partial charge on any atom is -0.372 e. The summed E-state index contributed by atoms with van der Waals surface area (Å²) in [7, 11) is 0. The van der Waals surface area contributed by atoms with Crippen LogP contribution >= 0.6 is 0 Å². The number of fused-ring (bicyclic) bond motifs is 2. The molecule has 0 saturated carbocycles. The molecule has 3 aromatic carbocycles. The number of aryl methyl sites for hydroxylation is 3. The number of piperidine rings is 1. The lowest BCUT2D eigenvalue weighted by Crippen LogP contribution is -2.49. The average Bonchev–Trinajstić information content (AvgIpc) is 3.52. The lowest BCUT2D eigenvalue weighted by Gasteiger charge is -2.40. The van der Waals surface area contributed by atoms with E-state index in [0.717, 1.165) is 87.7 Å². The van der Waals surface area contributed by atoms with Crippen LogP contribution in [0.15, 0.2) is 84.9 Å². The number of amides is 5. The molecule has 0 spiro atoms. The Labute approximate surface area is 348 Å². The first kappa shape index (κ1) is 38.8. The van der Waals surface area contributed by atoms with Gasteiger partial charge in [-0.1, -0.05) is 18.2 Å². The number of primary amides is 1. The summed E-state index contributed by atoms with van der Waals surface area (Å²) in [6, 6.07) is 26.7. The average molecular weight is 808 g/mol. The van der Waals surface area contributed by atoms with E-state index in [-0.39, 0.29) is 17.8 Å². The predicted octanol–water partition coefficient (Wildman–Crippen LogP) is 5.39. The van der Waals surface area contributed by atoms with Gasteiger partial charge < -0.3 is 26.2 Å². The summed E-state index contributed by atoms with van der Waals surface area (Å²) in [6.07, 6.45) is 3.34. The molecule has 60 heavy (non-hydrogen) atoms. The van der Waals surface area contributed by atoms with Crippen molar-refractivity contribution in [1.29, 1.82) is 0 Å². The Bertz CT molecular complexity index is 2430. The number of benzene rings is 3. The maximum atomic E-state index is 12.9. The fraction of sp³-hybridized carbons (Fsp3) is 0.333. The number of pyridine rings is 1. The fourth-order valence-electron chi connectivity index (χ4n) is 8.81. The molecule has 0 bridgehead atoms. The number of piperazine rings is 1. The number of aromatic nitrogens is 3. The van der Waals surface area contributed by atoms with Crippen molar-refractivity contribution in [3.63, 3.8) is 0 Å². The standard InChI is InChI=1S/C45H49N11O4/c1-29-3-2-4-38(47-29)49-44(59)32-7-5-31(6-8-32)41-40(42(46)58)43-48-37-14-13-36(27-33(37)17-22-56(43)51-41)54-25-23-52(24-26-54)28-30-15-19-53(20-16-30)34-9-11-35(12-10-34)55-21-18-39(57)50-45(55)60/h2-14,27,30,48H,15-26,28H2,1H3,(H2,46,58)(H,47,49,59)(H,50,57,60). The molecule has 0 atom stereocenters. The second-order valence-corrected chi connectivity index (χ2v) is 16.1. The lowest BCUT2D eigenvalue weighted by molar-refractivity contribution is -0.120. The molecular weight excluding hydrogens is 759 g/mol. The van der Waals surface area contributed by atoms with Crippen molar-refractivity contribution in [2.24, 2.45) is 11.7 Å². The Hall–Kier alpha value is -6.74. The lowest BCUT2D eigenvalue weighted by atomic mass is 9.95. The Balaban J connectivity index is 0.781. The first-order valence-electron chi connectivity index (χ1n) is 20.7. The van der Waals surface area contributed by atoms with Crippen molar-refractivity contribution in [3.05, 3.63) is 107 Å². The molecule has 0 unspecified atom stereocenters. The first-order chi connectivity index (χ1) is 29.1. The number of rotatable bonds is 9. The number of carbonyl (C=O) groups excluding carboxylic acids is 4. The highest BCUT2D eigenvalue weighted by Crippen LogP contribution is 2.36. The predicted molar refractivity (Wildman–Crippen MR) is 232 cm³/mol. The molecule has 0 radical (unpaired) electrons. The van der Waals surface area contributed by atoms with E-state index in [1.165, 1.54) is 11.4 Å². The third-order valence-corrected chi connectivity index (χ3v) is 12.1. The number of imide groups is 1. The van der Waals surface area contributed by atoms with Gasteiger partial charge in [-0.15, -0.1) is 0 Å². The molecule has 5 N–H and O–H groups in total. The minimum absolute atomic E-state index is 0.224. The third-order valence-electron chi connectivity index (χ3n) is 12.1. The Kier molecular flexibility index (Phi) is 10.7. The van der Waals surface area contributed by atoms with E-state index in [1.54, 1.807) is 35.2 Å². The second kappa shape index (κ2) is 16.5. The summed E-state index contributed by atoms with van der Waals surface area (Å²) in [5.74, 6) is 0.622. The van der Waals surface area contributed by atoms with Crippen molar-refractivity contribution in [1.82, 2.24) is 25.0 Å². The fourth-order valence-corrected chi connectivity index (χ4v) is 8.81. The van der Waals surface area contributed by atoms with Crippen molar-refractivity contribution in [2.75, 3.05) is 77.7 Å². The summed E-state index contributed by atoms with van der Waals surface area (Å²) in [5.41, 5.74) is 14.0. The molecule has 5 amide bonds. The Morgan fingerprint density at radius 3 is 2.22 bits per heavy atom. The number of nitrogens with one attached hydrogen (secondary N) is 3. The molecule has 0 aliphatic carbocycles. The number of carbonyl (C=O) groups is 4. The van der Waals surface area contributed by atoms with Gasteiger partial charge in [0.05, 0.1) is 0 Å². The van der Waals surface area contributed by atoms with Crippen molar-refractivity contribution >= 4 is 58.1 Å². The quantitative estimate of drug-likeness (QED) is 0.151. The van der Waals surface area contributed by atoms with E-state index in [2.05, 4.69) is 66.0 Å². The number of nitrogens with zero attached hydrogens (tertiary/aromatic N) is 7. The van der Waals surface area contributed by atoms with E-state index >= 15 is 0 Å². The summed E-state index contributed by atoms with van der Waals surface area (Å²) < 4.78 is 1.82. The second-order valence-electron chi connectivity index (χ2n) is 16.1. The molecule has 5 aromatic rings. The van der Waals surface area contributed by atoms with E-state index in [1.807, 2.05) is 35.9 Å². The smallest absolute Gasteiger partial charge is 0.328 e. The molecule has 4 aliphatic heterocycles. The van der Waals surface area contributed by atoms with Gasteiger partial charge in [-0.05, 0) is 104 Å². The van der Waals surface area contributed by atoms with Gasteiger partial charge in [-0.3, -0.25) is 29.5 Å². The van der Waals surface area contributed by atoms with Gasteiger partial charge in [0, 0.05) is 105 Å². The van der Waals surface area contributed by atoms with Crippen LogP contribution in [0.5, 0.6) is 0 Å². The van der Waals surface area contributed by atoms with E-state index in [0.29, 0.717) is 59.4 Å². The maximum Gasteiger partial charge on any atom is 0.328 e. The van der Waals surface area contributed by atoms with E-state index < -0.39 is 5.91 Å². The number of hydrogen-bond donors (Lipinski definition) is 4. The zero-order valence-corrected chi connectivity index (χ0v) is 33.7. The first-order valence-corrected chi connectivity index (χ1v) is 20.7. The molecule has 4 aliphatic rings. The molecule has 15 nitrogen and oxygen atoms in total. The molecule has 308 valence electrons. The van der Waals surface area contributed by atoms with Crippen molar-refractivity contribution in [3.8, 4) is 11.3 Å². The monoisotopic (exact) mass is 807 g/mol. The van der Waals surface area contributed by atoms with Crippen molar-refractivity contribution < 1.29 is 19.2 Å². The zero-order chi connectivity index (χ0) is 41.3. The van der Waals surface area contributed by atoms with Crippen LogP contribution < -0.4 is 36.4 Å². The van der Waals surface area contributed by atoms with Gasteiger partial charge in [0.25, 0.3) is 11.8 Å². The zero-order valence-electron chi connectivity index (χ0n) is 33.7. The van der Waals surface area contributed by atoms with Crippen LogP contribution in [0.1, 0.15) is 51.2 Å². The van der Waals surface area contributed by atoms with Crippen LogP contribution in [0, 0.1) is 12.8 Å². The number of urea groups is 1. The van der Waals surface area contributed by atoms with Crippen LogP contribution in [0.25, 0.3) is 11.3 Å². The summed E-state index contributed by atoms with van der Waals surface area (Å²) in [5, 5.41) is 13.6. The summed E-state index contributed by atoms with van der Waals surface area (Å²) in [4.78, 5) is 63.1. The largest absolute Gasteiger partial charge is 0.372 e. The summed E-state index contributed by atoms with van der Waals surface area (Å²) in [6.45, 7) is 9.92. The van der Waals surface area contributed by atoms with Gasteiger partial charge in [-0.2, -0.15) is 5.10 Å². The maximum absolute atomic E-state index is 12.9. The number of nitrogens with two attached hydrogens (primary N) is 1. The van der Waals surface area contributed by atoms with Crippen LogP contribution in [0.2, 0.25) is 0 Å². The molecule has 3 saturated heterocycles. The number of hydrogen-bond acceptors (Lipinski definition) is 10. The van der Waals surface area contributed by atoms with Crippen LogP contribution in [-0.4, -0.2) is 95.8 Å². The SMILES string of the molecule is Cc1cccc(NC(=O)c2ccc(-c3nn4c(c3C(N)=O)Nc3ccc(N5CCN(CC6CCN(c7ccc(N8CCC(=O)NC8=O)cc7)CC6)CC5)cc3CC4)cc2)n1. The molecular formula is C45H49N11O4. The number of anilines is 6. The highest BCUT2D eigenvalue weighted by atomic mass is 16.2. The molecule has 15 heteroatoms. The normalized spacial score (nSPS) is 17.3. The van der Waals surface area contributed by atoms with Crippen LogP contribution in [0.3, 0.4) is 0 Å². The third kappa shape index (κ3) is 8.12. The molecule has 6 heterocycles. The van der Waals surface area contributed by atoms with Crippen LogP contribution in [-0.2, 0) is 17.8 Å². The molecule has 3 fully saturated rings. The topological polar surface area (TPSA) is 174 Å². The highest BCUT2D eigenvalue weighted by molar-refractivity contribution is 6.07. The Morgan fingerprint density at radius 2 is 1.50 bits per heavy atom. The van der Waals surface area contributed by atoms with Gasteiger partial charge in [-0.25, -0.2) is 14.5 Å². The highest BCUT2D eigenvalue weighted by Gasteiger charge is 2.29. The molecule has 9 rings (SSSR count). The minimum atomic E-state index is -0.577.